The van der Waals surface area contributed by atoms with Gasteiger partial charge in [-0.25, -0.2) is 4.90 Å². The summed E-state index contributed by atoms with van der Waals surface area (Å²) in [4.78, 5) is 39.1. The molecule has 1 aliphatic carbocycles. The second-order valence-electron chi connectivity index (χ2n) is 6.88. The van der Waals surface area contributed by atoms with Crippen LogP contribution in [0.15, 0.2) is 54.6 Å². The Hall–Kier alpha value is -2.95. The Bertz CT molecular complexity index is 839. The molecule has 0 aromatic heterocycles. The topological polar surface area (TPSA) is 66.5 Å². The fourth-order valence-corrected chi connectivity index (χ4v) is 3.93. The molecule has 2 atom stereocenters. The van der Waals surface area contributed by atoms with E-state index in [9.17, 15) is 14.4 Å². The number of imide groups is 1. The van der Waals surface area contributed by atoms with Gasteiger partial charge in [-0.2, -0.15) is 0 Å². The molecule has 2 aromatic carbocycles. The third kappa shape index (κ3) is 2.90. The normalized spacial score (nSPS) is 22.2. The average molecular weight is 348 g/mol. The molecule has 0 radical (unpaired) electrons. The first-order chi connectivity index (χ1) is 12.6. The van der Waals surface area contributed by atoms with Crippen LogP contribution >= 0.6 is 0 Å². The SMILES string of the molecule is O=C(Nc1cccc(N2C(=O)[C@@H]3CCCC[C@H]3C2=O)c1)c1ccccc1. The van der Waals surface area contributed by atoms with Gasteiger partial charge < -0.3 is 5.32 Å². The molecule has 1 saturated carbocycles. The van der Waals surface area contributed by atoms with Crippen LogP contribution in [0, 0.1) is 11.8 Å². The maximum atomic E-state index is 12.7. The third-order valence-electron chi connectivity index (χ3n) is 5.24. The number of amides is 3. The Balaban J connectivity index is 1.57. The van der Waals surface area contributed by atoms with E-state index >= 15 is 0 Å². The van der Waals surface area contributed by atoms with E-state index in [1.807, 2.05) is 6.07 Å². The number of carbonyl (C=O) groups excluding carboxylic acids is 3. The number of anilines is 2. The van der Waals surface area contributed by atoms with Crippen molar-refractivity contribution in [3.05, 3.63) is 60.2 Å². The summed E-state index contributed by atoms with van der Waals surface area (Å²) in [7, 11) is 0. The van der Waals surface area contributed by atoms with E-state index in [0.717, 1.165) is 25.7 Å². The first kappa shape index (κ1) is 16.5. The number of fused-ring (bicyclic) bond motifs is 1. The van der Waals surface area contributed by atoms with Crippen molar-refractivity contribution in [3.8, 4) is 0 Å². The maximum absolute atomic E-state index is 12.7. The number of rotatable bonds is 3. The molecule has 4 rings (SSSR count). The van der Waals surface area contributed by atoms with Crippen LogP contribution in [0.5, 0.6) is 0 Å². The van der Waals surface area contributed by atoms with Crippen LogP contribution in [0.25, 0.3) is 0 Å². The van der Waals surface area contributed by atoms with E-state index in [-0.39, 0.29) is 29.6 Å². The maximum Gasteiger partial charge on any atom is 0.255 e. The Morgan fingerprint density at radius 3 is 2.19 bits per heavy atom. The minimum atomic E-state index is -0.226. The fraction of sp³-hybridized carbons (Fsp3) is 0.286. The van der Waals surface area contributed by atoms with Gasteiger partial charge in [-0.1, -0.05) is 37.1 Å². The lowest BCUT2D eigenvalue weighted by Crippen LogP contribution is -2.30. The second-order valence-corrected chi connectivity index (χ2v) is 6.88. The van der Waals surface area contributed by atoms with Crippen LogP contribution < -0.4 is 10.2 Å². The molecule has 0 bridgehead atoms. The van der Waals surface area contributed by atoms with Crippen LogP contribution in [0.4, 0.5) is 11.4 Å². The summed E-state index contributed by atoms with van der Waals surface area (Å²) in [5.41, 5.74) is 1.64. The van der Waals surface area contributed by atoms with Crippen LogP contribution in [-0.4, -0.2) is 17.7 Å². The van der Waals surface area contributed by atoms with Gasteiger partial charge in [0, 0.05) is 11.3 Å². The molecular formula is C21H20N2O3. The van der Waals surface area contributed by atoms with Gasteiger partial charge in [0.1, 0.15) is 0 Å². The Kier molecular flexibility index (Phi) is 4.29. The summed E-state index contributed by atoms with van der Waals surface area (Å²) >= 11 is 0. The molecule has 5 nitrogen and oxygen atoms in total. The van der Waals surface area contributed by atoms with Crippen LogP contribution in [0.1, 0.15) is 36.0 Å². The molecule has 1 N–H and O–H groups in total. The number of hydrogen-bond donors (Lipinski definition) is 1. The highest BCUT2D eigenvalue weighted by atomic mass is 16.2. The quantitative estimate of drug-likeness (QED) is 0.862. The molecule has 2 aliphatic rings. The van der Waals surface area contributed by atoms with Crippen molar-refractivity contribution in [1.82, 2.24) is 0 Å². The molecular weight excluding hydrogens is 328 g/mol. The number of nitrogens with zero attached hydrogens (tertiary/aromatic N) is 1. The molecule has 0 spiro atoms. The molecule has 3 amide bonds. The summed E-state index contributed by atoms with van der Waals surface area (Å²) in [6.07, 6.45) is 3.58. The Morgan fingerprint density at radius 1 is 0.885 bits per heavy atom. The molecule has 26 heavy (non-hydrogen) atoms. The molecule has 132 valence electrons. The van der Waals surface area contributed by atoms with Gasteiger partial charge in [0.15, 0.2) is 0 Å². The fourth-order valence-electron chi connectivity index (χ4n) is 3.93. The predicted molar refractivity (Wildman–Crippen MR) is 98.8 cm³/mol. The zero-order valence-corrected chi connectivity index (χ0v) is 14.4. The van der Waals surface area contributed by atoms with Gasteiger partial charge in [0.2, 0.25) is 11.8 Å². The summed E-state index contributed by atoms with van der Waals surface area (Å²) < 4.78 is 0. The molecule has 0 unspecified atom stereocenters. The number of nitrogens with one attached hydrogen (secondary N) is 1. The van der Waals surface area contributed by atoms with Crippen molar-refractivity contribution in [1.29, 1.82) is 0 Å². The van der Waals surface area contributed by atoms with Crippen molar-refractivity contribution in [2.45, 2.75) is 25.7 Å². The van der Waals surface area contributed by atoms with E-state index < -0.39 is 0 Å². The van der Waals surface area contributed by atoms with Crippen molar-refractivity contribution in [2.24, 2.45) is 11.8 Å². The smallest absolute Gasteiger partial charge is 0.255 e. The zero-order chi connectivity index (χ0) is 18.1. The minimum Gasteiger partial charge on any atom is -0.322 e. The second kappa shape index (κ2) is 6.75. The zero-order valence-electron chi connectivity index (χ0n) is 14.4. The highest BCUT2D eigenvalue weighted by Gasteiger charge is 2.48. The van der Waals surface area contributed by atoms with Crippen molar-refractivity contribution >= 4 is 29.1 Å². The molecule has 2 aromatic rings. The van der Waals surface area contributed by atoms with Gasteiger partial charge in [0.05, 0.1) is 17.5 Å². The lowest BCUT2D eigenvalue weighted by atomic mass is 9.81. The summed E-state index contributed by atoms with van der Waals surface area (Å²) in [5.74, 6) is -0.800. The van der Waals surface area contributed by atoms with E-state index in [1.165, 1.54) is 4.90 Å². The van der Waals surface area contributed by atoms with Crippen molar-refractivity contribution in [3.63, 3.8) is 0 Å². The standard InChI is InChI=1S/C21H20N2O3/c24-19(14-7-2-1-3-8-14)22-15-9-6-10-16(13-15)23-20(25)17-11-4-5-12-18(17)21(23)26/h1-3,6-10,13,17-18H,4-5,11-12H2,(H,22,24)/t17-,18-/m1/s1. The largest absolute Gasteiger partial charge is 0.322 e. The van der Waals surface area contributed by atoms with E-state index in [1.54, 1.807) is 48.5 Å². The summed E-state index contributed by atoms with van der Waals surface area (Å²) in [6, 6.07) is 15.8. The van der Waals surface area contributed by atoms with Gasteiger partial charge >= 0.3 is 0 Å². The van der Waals surface area contributed by atoms with Crippen molar-refractivity contribution < 1.29 is 14.4 Å². The molecule has 1 heterocycles. The molecule has 1 saturated heterocycles. The molecule has 5 heteroatoms. The van der Waals surface area contributed by atoms with Crippen molar-refractivity contribution in [2.75, 3.05) is 10.2 Å². The number of hydrogen-bond acceptors (Lipinski definition) is 3. The van der Waals surface area contributed by atoms with Gasteiger partial charge in [-0.15, -0.1) is 0 Å². The molecule has 1 aliphatic heterocycles. The third-order valence-corrected chi connectivity index (χ3v) is 5.24. The van der Waals surface area contributed by atoms with Gasteiger partial charge in [0.25, 0.3) is 5.91 Å². The first-order valence-corrected chi connectivity index (χ1v) is 8.99. The Labute approximate surface area is 152 Å². The summed E-state index contributed by atoms with van der Waals surface area (Å²) in [6.45, 7) is 0. The van der Waals surface area contributed by atoms with Gasteiger partial charge in [-0.05, 0) is 43.2 Å². The van der Waals surface area contributed by atoms with Crippen LogP contribution in [0.3, 0.4) is 0 Å². The lowest BCUT2D eigenvalue weighted by Gasteiger charge is -2.19. The van der Waals surface area contributed by atoms with E-state index in [4.69, 9.17) is 0 Å². The lowest BCUT2D eigenvalue weighted by molar-refractivity contribution is -0.122. The monoisotopic (exact) mass is 348 g/mol. The van der Waals surface area contributed by atoms with Crippen LogP contribution in [0.2, 0.25) is 0 Å². The highest BCUT2D eigenvalue weighted by Crippen LogP contribution is 2.40. The average Bonchev–Trinajstić information content (AvgIpc) is 2.94. The first-order valence-electron chi connectivity index (χ1n) is 8.99. The predicted octanol–water partition coefficient (Wildman–Crippen LogP) is 3.62. The number of benzene rings is 2. The van der Waals surface area contributed by atoms with E-state index in [0.29, 0.717) is 16.9 Å². The number of carbonyl (C=O) groups is 3. The highest BCUT2D eigenvalue weighted by molar-refractivity contribution is 6.22. The van der Waals surface area contributed by atoms with E-state index in [2.05, 4.69) is 5.32 Å². The van der Waals surface area contributed by atoms with Gasteiger partial charge in [-0.3, -0.25) is 14.4 Å². The minimum absolute atomic E-state index is 0.105. The summed E-state index contributed by atoms with van der Waals surface area (Å²) in [5, 5.41) is 2.83. The Morgan fingerprint density at radius 2 is 1.54 bits per heavy atom. The molecule has 2 fully saturated rings. The van der Waals surface area contributed by atoms with Crippen LogP contribution in [-0.2, 0) is 9.59 Å².